The molecular formula is C11H11N3O4S2. The number of hydrogen-bond acceptors (Lipinski definition) is 7. The van der Waals surface area contributed by atoms with Crippen LogP contribution >= 0.6 is 11.3 Å². The first-order valence-corrected chi connectivity index (χ1v) is 7.78. The Morgan fingerprint density at radius 1 is 1.35 bits per heavy atom. The minimum Gasteiger partial charge on any atom is -0.465 e. The Labute approximate surface area is 119 Å². The van der Waals surface area contributed by atoms with Gasteiger partial charge in [-0.1, -0.05) is 0 Å². The number of nitrogens with zero attached hydrogens (tertiary/aromatic N) is 2. The van der Waals surface area contributed by atoms with Crippen molar-refractivity contribution in [3.05, 3.63) is 34.3 Å². The molecule has 9 heteroatoms. The molecule has 0 saturated heterocycles. The Kier molecular flexibility index (Phi) is 4.00. The van der Waals surface area contributed by atoms with Crippen molar-refractivity contribution in [3.63, 3.8) is 0 Å². The molecule has 0 saturated carbocycles. The summed E-state index contributed by atoms with van der Waals surface area (Å²) in [6, 6.07) is 1.56. The summed E-state index contributed by atoms with van der Waals surface area (Å²) in [6.07, 6.45) is 2.82. The Balaban J connectivity index is 2.45. The highest BCUT2D eigenvalue weighted by atomic mass is 32.2. The molecule has 0 atom stereocenters. The first kappa shape index (κ1) is 14.4. The summed E-state index contributed by atoms with van der Waals surface area (Å²) in [6.45, 7) is 1.60. The molecule has 0 unspecified atom stereocenters. The first-order valence-electron chi connectivity index (χ1n) is 5.42. The van der Waals surface area contributed by atoms with E-state index in [0.717, 1.165) is 11.3 Å². The van der Waals surface area contributed by atoms with Gasteiger partial charge < -0.3 is 4.74 Å². The van der Waals surface area contributed by atoms with Crippen LogP contribution in [0.15, 0.2) is 28.7 Å². The van der Waals surface area contributed by atoms with E-state index < -0.39 is 16.0 Å². The highest BCUT2D eigenvalue weighted by Crippen LogP contribution is 2.28. The lowest BCUT2D eigenvalue weighted by molar-refractivity contribution is 0.0602. The van der Waals surface area contributed by atoms with Crippen LogP contribution in [0.3, 0.4) is 0 Å². The van der Waals surface area contributed by atoms with Crippen molar-refractivity contribution in [2.75, 3.05) is 11.8 Å². The van der Waals surface area contributed by atoms with Crippen LogP contribution in [0.4, 0.5) is 5.95 Å². The number of methoxy groups -OCH3 is 1. The zero-order chi connectivity index (χ0) is 14.8. The molecule has 0 bridgehead atoms. The molecule has 0 fully saturated rings. The van der Waals surface area contributed by atoms with E-state index in [1.807, 2.05) is 0 Å². The minimum atomic E-state index is -3.95. The van der Waals surface area contributed by atoms with Crippen molar-refractivity contribution in [3.8, 4) is 0 Å². The number of anilines is 1. The third kappa shape index (κ3) is 2.78. The van der Waals surface area contributed by atoms with Gasteiger partial charge in [0.25, 0.3) is 10.0 Å². The molecule has 0 aliphatic rings. The van der Waals surface area contributed by atoms with E-state index in [-0.39, 0.29) is 15.7 Å². The topological polar surface area (TPSA) is 98.2 Å². The average molecular weight is 313 g/mol. The maximum atomic E-state index is 12.3. The molecule has 0 amide bonds. The number of carbonyl (C=O) groups is 1. The highest BCUT2D eigenvalue weighted by Gasteiger charge is 2.28. The summed E-state index contributed by atoms with van der Waals surface area (Å²) in [4.78, 5) is 19.1. The molecule has 2 aromatic heterocycles. The van der Waals surface area contributed by atoms with Crippen molar-refractivity contribution >= 4 is 33.3 Å². The van der Waals surface area contributed by atoms with Crippen LogP contribution in [0, 0.1) is 6.92 Å². The minimum absolute atomic E-state index is 0.0217. The lowest BCUT2D eigenvalue weighted by Crippen LogP contribution is -2.18. The van der Waals surface area contributed by atoms with Gasteiger partial charge in [-0.2, -0.15) is 0 Å². The molecule has 7 nitrogen and oxygen atoms in total. The normalized spacial score (nSPS) is 11.1. The van der Waals surface area contributed by atoms with Crippen molar-refractivity contribution in [1.82, 2.24) is 9.97 Å². The molecular weight excluding hydrogens is 302 g/mol. The van der Waals surface area contributed by atoms with Gasteiger partial charge in [0.05, 0.1) is 7.11 Å². The van der Waals surface area contributed by atoms with Crippen LogP contribution in [0.25, 0.3) is 0 Å². The second-order valence-corrected chi connectivity index (χ2v) is 6.25. The molecule has 2 rings (SSSR count). The van der Waals surface area contributed by atoms with Gasteiger partial charge >= 0.3 is 5.97 Å². The van der Waals surface area contributed by atoms with E-state index >= 15 is 0 Å². The van der Waals surface area contributed by atoms with Crippen LogP contribution in [-0.2, 0) is 14.8 Å². The van der Waals surface area contributed by atoms with E-state index in [0.29, 0.717) is 5.56 Å². The number of sulfonamides is 1. The maximum absolute atomic E-state index is 12.3. The van der Waals surface area contributed by atoms with Crippen LogP contribution in [0.2, 0.25) is 0 Å². The predicted octanol–water partition coefficient (Wildman–Crippen LogP) is 1.43. The Morgan fingerprint density at radius 2 is 2.00 bits per heavy atom. The predicted molar refractivity (Wildman–Crippen MR) is 73.2 cm³/mol. The summed E-state index contributed by atoms with van der Waals surface area (Å²) >= 11 is 1.01. The molecule has 0 spiro atoms. The quantitative estimate of drug-likeness (QED) is 0.857. The smallest absolute Gasteiger partial charge is 0.349 e. The van der Waals surface area contributed by atoms with Gasteiger partial charge in [-0.25, -0.2) is 27.9 Å². The number of esters is 1. The van der Waals surface area contributed by atoms with Gasteiger partial charge in [0.15, 0.2) is 0 Å². The number of ether oxygens (including phenoxy) is 1. The third-order valence-corrected chi connectivity index (χ3v) is 5.07. The van der Waals surface area contributed by atoms with Crippen LogP contribution in [0.5, 0.6) is 0 Å². The number of thiophene rings is 1. The Bertz CT molecular complexity index is 725. The van der Waals surface area contributed by atoms with E-state index in [1.165, 1.54) is 19.5 Å². The summed E-state index contributed by atoms with van der Waals surface area (Å²) in [5, 5.41) is 1.58. The van der Waals surface area contributed by atoms with Crippen molar-refractivity contribution in [1.29, 1.82) is 0 Å². The van der Waals surface area contributed by atoms with Gasteiger partial charge in [0.2, 0.25) is 5.95 Å². The summed E-state index contributed by atoms with van der Waals surface area (Å²) in [7, 11) is -2.76. The number of aryl methyl sites for hydroxylation is 1. The molecule has 0 radical (unpaired) electrons. The SMILES string of the molecule is COC(=O)c1scc(C)c1S(=O)(=O)Nc1ncccn1. The van der Waals surface area contributed by atoms with Gasteiger partial charge in [-0.05, 0) is 23.9 Å². The zero-order valence-electron chi connectivity index (χ0n) is 10.7. The number of aromatic nitrogens is 2. The number of rotatable bonds is 4. The maximum Gasteiger partial charge on any atom is 0.349 e. The third-order valence-electron chi connectivity index (χ3n) is 2.35. The molecule has 2 aromatic rings. The van der Waals surface area contributed by atoms with E-state index in [2.05, 4.69) is 19.4 Å². The van der Waals surface area contributed by atoms with Gasteiger partial charge in [0.1, 0.15) is 9.77 Å². The molecule has 106 valence electrons. The summed E-state index contributed by atoms with van der Waals surface area (Å²) in [5.41, 5.74) is 0.457. The fraction of sp³-hybridized carbons (Fsp3) is 0.182. The van der Waals surface area contributed by atoms with Crippen molar-refractivity contribution in [2.45, 2.75) is 11.8 Å². The van der Waals surface area contributed by atoms with E-state index in [1.54, 1.807) is 18.4 Å². The summed E-state index contributed by atoms with van der Waals surface area (Å²) in [5.74, 6) is -0.758. The Morgan fingerprint density at radius 3 is 2.60 bits per heavy atom. The first-order chi connectivity index (χ1) is 9.45. The largest absolute Gasteiger partial charge is 0.465 e. The van der Waals surface area contributed by atoms with Crippen LogP contribution < -0.4 is 4.72 Å². The van der Waals surface area contributed by atoms with Crippen molar-refractivity contribution < 1.29 is 17.9 Å². The van der Waals surface area contributed by atoms with Crippen molar-refractivity contribution in [2.24, 2.45) is 0 Å². The molecule has 2 heterocycles. The van der Waals surface area contributed by atoms with Gasteiger partial charge in [-0.15, -0.1) is 11.3 Å². The lowest BCUT2D eigenvalue weighted by atomic mass is 10.3. The van der Waals surface area contributed by atoms with Gasteiger partial charge in [-0.3, -0.25) is 0 Å². The second-order valence-electron chi connectivity index (χ2n) is 3.75. The number of hydrogen-bond donors (Lipinski definition) is 1. The monoisotopic (exact) mass is 313 g/mol. The number of nitrogens with one attached hydrogen (secondary N) is 1. The van der Waals surface area contributed by atoms with Crippen LogP contribution in [-0.4, -0.2) is 31.5 Å². The Hall–Kier alpha value is -2.00. The summed E-state index contributed by atoms with van der Waals surface area (Å²) < 4.78 is 31.5. The molecule has 0 aliphatic carbocycles. The van der Waals surface area contributed by atoms with E-state index in [4.69, 9.17) is 0 Å². The molecule has 20 heavy (non-hydrogen) atoms. The zero-order valence-corrected chi connectivity index (χ0v) is 12.3. The highest BCUT2D eigenvalue weighted by molar-refractivity contribution is 7.93. The molecule has 0 aromatic carbocycles. The fourth-order valence-electron chi connectivity index (χ4n) is 1.52. The second kappa shape index (κ2) is 5.55. The molecule has 1 N–H and O–H groups in total. The van der Waals surface area contributed by atoms with E-state index in [9.17, 15) is 13.2 Å². The fourth-order valence-corrected chi connectivity index (χ4v) is 4.19. The number of carbonyl (C=O) groups excluding carboxylic acids is 1. The standard InChI is InChI=1S/C11H11N3O4S2/c1-7-6-19-8(10(15)18-2)9(7)20(16,17)14-11-12-4-3-5-13-11/h3-6H,1-2H3,(H,12,13,14). The lowest BCUT2D eigenvalue weighted by Gasteiger charge is -2.07. The average Bonchev–Trinajstić information content (AvgIpc) is 2.81. The van der Waals surface area contributed by atoms with Gasteiger partial charge in [0, 0.05) is 12.4 Å². The van der Waals surface area contributed by atoms with Crippen LogP contribution in [0.1, 0.15) is 15.2 Å². The molecule has 0 aliphatic heterocycles.